The Bertz CT molecular complexity index is 650. The van der Waals surface area contributed by atoms with Crippen molar-refractivity contribution in [3.05, 3.63) is 34.9 Å². The Balaban J connectivity index is 1.58. The lowest BCUT2D eigenvalue weighted by Crippen LogP contribution is -2.54. The van der Waals surface area contributed by atoms with E-state index in [4.69, 9.17) is 21.3 Å². The minimum Gasteiger partial charge on any atom is -0.381 e. The quantitative estimate of drug-likeness (QED) is 0.564. The molecule has 0 unspecified atom stereocenters. The lowest BCUT2D eigenvalue weighted by molar-refractivity contribution is -0.00268. The van der Waals surface area contributed by atoms with E-state index in [1.54, 1.807) is 0 Å². The van der Waals surface area contributed by atoms with Crippen molar-refractivity contribution in [2.75, 3.05) is 66.6 Å². The Hall–Kier alpha value is -1.34. The summed E-state index contributed by atoms with van der Waals surface area (Å²) < 4.78 is 5.60. The lowest BCUT2D eigenvalue weighted by Gasteiger charge is -2.42. The van der Waals surface area contributed by atoms with Gasteiger partial charge in [0.1, 0.15) is 0 Å². The van der Waals surface area contributed by atoms with Crippen LogP contribution in [0.3, 0.4) is 0 Å². The third-order valence-electron chi connectivity index (χ3n) is 6.22. The molecule has 2 aliphatic rings. The minimum atomic E-state index is 0.106. The van der Waals surface area contributed by atoms with Crippen molar-refractivity contribution in [3.8, 4) is 0 Å². The van der Waals surface area contributed by atoms with Crippen LogP contribution in [0.4, 0.5) is 0 Å². The maximum Gasteiger partial charge on any atom is 0.194 e. The van der Waals surface area contributed by atoms with Crippen molar-refractivity contribution in [2.45, 2.75) is 31.8 Å². The van der Waals surface area contributed by atoms with Crippen molar-refractivity contribution in [1.29, 1.82) is 0 Å². The van der Waals surface area contributed by atoms with Crippen LogP contribution >= 0.6 is 11.6 Å². The minimum absolute atomic E-state index is 0.106. The fourth-order valence-corrected chi connectivity index (χ4v) is 4.24. The molecule has 6 nitrogen and oxygen atoms in total. The highest BCUT2D eigenvalue weighted by atomic mass is 35.5. The van der Waals surface area contributed by atoms with Gasteiger partial charge in [-0.1, -0.05) is 23.7 Å². The number of nitrogens with zero attached hydrogens (tertiary/aromatic N) is 4. The predicted molar refractivity (Wildman–Crippen MR) is 121 cm³/mol. The van der Waals surface area contributed by atoms with E-state index in [0.717, 1.165) is 82.9 Å². The van der Waals surface area contributed by atoms with E-state index < -0.39 is 0 Å². The van der Waals surface area contributed by atoms with Crippen molar-refractivity contribution in [3.63, 3.8) is 0 Å². The third-order valence-corrected chi connectivity index (χ3v) is 6.47. The van der Waals surface area contributed by atoms with Crippen LogP contribution in [0.25, 0.3) is 0 Å². The van der Waals surface area contributed by atoms with E-state index in [-0.39, 0.29) is 5.54 Å². The molecule has 0 atom stereocenters. The maximum absolute atomic E-state index is 6.00. The summed E-state index contributed by atoms with van der Waals surface area (Å²) in [6.45, 7) is 10.6. The molecule has 2 fully saturated rings. The molecular weight excluding hydrogens is 386 g/mol. The fraction of sp³-hybridized carbons (Fsp3) is 0.682. The molecule has 162 valence electrons. The highest BCUT2D eigenvalue weighted by Crippen LogP contribution is 2.26. The second kappa shape index (κ2) is 10.6. The molecule has 2 heterocycles. The molecule has 0 spiro atoms. The summed E-state index contributed by atoms with van der Waals surface area (Å²) in [4.78, 5) is 12.3. The molecule has 7 heteroatoms. The molecule has 3 rings (SSSR count). The molecule has 29 heavy (non-hydrogen) atoms. The summed E-state index contributed by atoms with van der Waals surface area (Å²) >= 11 is 6.00. The van der Waals surface area contributed by atoms with Gasteiger partial charge in [-0.3, -0.25) is 9.89 Å². The summed E-state index contributed by atoms with van der Waals surface area (Å²) in [6.07, 6.45) is 2.08. The van der Waals surface area contributed by atoms with E-state index in [0.29, 0.717) is 0 Å². The highest BCUT2D eigenvalue weighted by Gasteiger charge is 2.35. The topological polar surface area (TPSA) is 43.3 Å². The van der Waals surface area contributed by atoms with Gasteiger partial charge in [0, 0.05) is 63.0 Å². The van der Waals surface area contributed by atoms with Crippen LogP contribution in [0.1, 0.15) is 25.3 Å². The largest absolute Gasteiger partial charge is 0.381 e. The Morgan fingerprint density at radius 1 is 1.14 bits per heavy atom. The first kappa shape index (κ1) is 22.3. The molecule has 1 aromatic carbocycles. The van der Waals surface area contributed by atoms with Gasteiger partial charge in [-0.05, 0) is 51.6 Å². The normalized spacial score (nSPS) is 20.9. The van der Waals surface area contributed by atoms with Gasteiger partial charge in [-0.25, -0.2) is 0 Å². The summed E-state index contributed by atoms with van der Waals surface area (Å²) in [5, 5.41) is 4.31. The number of ether oxygens (including phenoxy) is 1. The van der Waals surface area contributed by atoms with Gasteiger partial charge in [0.2, 0.25) is 0 Å². The zero-order valence-electron chi connectivity index (χ0n) is 18.2. The Kier molecular flexibility index (Phi) is 8.18. The molecule has 0 bridgehead atoms. The molecule has 0 aliphatic carbocycles. The van der Waals surface area contributed by atoms with Crippen molar-refractivity contribution in [2.24, 2.45) is 4.99 Å². The number of hydrogen-bond acceptors (Lipinski definition) is 4. The van der Waals surface area contributed by atoms with Gasteiger partial charge in [-0.15, -0.1) is 0 Å². The standard InChI is InChI=1S/C22H36ClN5O/c1-4-24-21(25-18-22(26(2)3)9-15-29-16-10-22)28-13-11-27(12-14-28)17-19-5-7-20(23)8-6-19/h5-8H,4,9-18H2,1-3H3,(H,24,25). The molecule has 2 aliphatic heterocycles. The third kappa shape index (κ3) is 6.07. The summed E-state index contributed by atoms with van der Waals surface area (Å²) in [5.74, 6) is 1.05. The highest BCUT2D eigenvalue weighted by molar-refractivity contribution is 6.30. The number of hydrogen-bond donors (Lipinski definition) is 1. The van der Waals surface area contributed by atoms with E-state index >= 15 is 0 Å². The molecule has 0 saturated carbocycles. The zero-order valence-corrected chi connectivity index (χ0v) is 18.9. The first-order chi connectivity index (χ1) is 14.0. The number of rotatable bonds is 6. The number of halogens is 1. The van der Waals surface area contributed by atoms with Crippen LogP contribution in [-0.4, -0.2) is 92.8 Å². The molecular formula is C22H36ClN5O. The van der Waals surface area contributed by atoms with Crippen molar-refractivity contribution < 1.29 is 4.74 Å². The zero-order chi connectivity index (χ0) is 20.7. The molecule has 0 radical (unpaired) electrons. The number of likely N-dealkylation sites (N-methyl/N-ethyl adjacent to an activating group) is 1. The van der Waals surface area contributed by atoms with Gasteiger partial charge in [0.05, 0.1) is 6.54 Å². The predicted octanol–water partition coefficient (Wildman–Crippen LogP) is 2.53. The Morgan fingerprint density at radius 3 is 2.38 bits per heavy atom. The maximum atomic E-state index is 6.00. The monoisotopic (exact) mass is 421 g/mol. The van der Waals surface area contributed by atoms with E-state index in [9.17, 15) is 0 Å². The van der Waals surface area contributed by atoms with Gasteiger partial charge < -0.3 is 19.9 Å². The second-order valence-corrected chi connectivity index (χ2v) is 8.73. The van der Waals surface area contributed by atoms with Gasteiger partial charge in [-0.2, -0.15) is 0 Å². The van der Waals surface area contributed by atoms with E-state index in [1.165, 1.54) is 5.56 Å². The van der Waals surface area contributed by atoms with E-state index in [1.807, 2.05) is 12.1 Å². The first-order valence-corrected chi connectivity index (χ1v) is 11.2. The summed E-state index contributed by atoms with van der Waals surface area (Å²) in [6, 6.07) is 8.18. The van der Waals surface area contributed by atoms with Crippen LogP contribution in [-0.2, 0) is 11.3 Å². The van der Waals surface area contributed by atoms with E-state index in [2.05, 4.69) is 53.2 Å². The van der Waals surface area contributed by atoms with Gasteiger partial charge in [0.25, 0.3) is 0 Å². The number of piperazine rings is 1. The lowest BCUT2D eigenvalue weighted by atomic mass is 9.89. The molecule has 1 aromatic rings. The number of guanidine groups is 1. The SMILES string of the molecule is CCNC(=NCC1(N(C)C)CCOCC1)N1CCN(Cc2ccc(Cl)cc2)CC1. The number of benzene rings is 1. The average molecular weight is 422 g/mol. The molecule has 2 saturated heterocycles. The first-order valence-electron chi connectivity index (χ1n) is 10.8. The van der Waals surface area contributed by atoms with Gasteiger partial charge in [0.15, 0.2) is 5.96 Å². The van der Waals surface area contributed by atoms with Gasteiger partial charge >= 0.3 is 0 Å². The van der Waals surface area contributed by atoms with Crippen molar-refractivity contribution in [1.82, 2.24) is 20.0 Å². The van der Waals surface area contributed by atoms with Crippen molar-refractivity contribution >= 4 is 17.6 Å². The van der Waals surface area contributed by atoms with Crippen LogP contribution in [0.5, 0.6) is 0 Å². The average Bonchev–Trinajstić information content (AvgIpc) is 2.74. The Labute approximate surface area is 180 Å². The summed E-state index contributed by atoms with van der Waals surface area (Å²) in [5.41, 5.74) is 1.42. The summed E-state index contributed by atoms with van der Waals surface area (Å²) in [7, 11) is 4.34. The van der Waals surface area contributed by atoms with Crippen LogP contribution < -0.4 is 5.32 Å². The van der Waals surface area contributed by atoms with Crippen LogP contribution in [0, 0.1) is 0 Å². The Morgan fingerprint density at radius 2 is 1.79 bits per heavy atom. The molecule has 0 amide bonds. The fourth-order valence-electron chi connectivity index (χ4n) is 4.11. The second-order valence-electron chi connectivity index (χ2n) is 8.29. The molecule has 1 N–H and O–H groups in total. The van der Waals surface area contributed by atoms with Crippen LogP contribution in [0.15, 0.2) is 29.3 Å². The number of aliphatic imine (C=N–C) groups is 1. The molecule has 0 aromatic heterocycles. The number of nitrogens with one attached hydrogen (secondary N) is 1. The van der Waals surface area contributed by atoms with Crippen LogP contribution in [0.2, 0.25) is 5.02 Å². The smallest absolute Gasteiger partial charge is 0.194 e.